The van der Waals surface area contributed by atoms with Crippen molar-refractivity contribution in [1.82, 2.24) is 10.2 Å². The molecule has 1 N–H and O–H groups in total. The van der Waals surface area contributed by atoms with Crippen LogP contribution in [0.25, 0.3) is 0 Å². The zero-order chi connectivity index (χ0) is 17.1. The summed E-state index contributed by atoms with van der Waals surface area (Å²) in [5.74, 6) is 0.889. The molecule has 7 nitrogen and oxygen atoms in total. The topological polar surface area (TPSA) is 80.2 Å². The van der Waals surface area contributed by atoms with Crippen LogP contribution in [0.4, 0.5) is 0 Å². The maximum Gasteiger partial charge on any atom is 0.193 e. The summed E-state index contributed by atoms with van der Waals surface area (Å²) >= 11 is 0. The minimum atomic E-state index is -3.05. The van der Waals surface area contributed by atoms with Gasteiger partial charge in [0.25, 0.3) is 0 Å². The molecule has 0 aromatic carbocycles. The van der Waals surface area contributed by atoms with Gasteiger partial charge in [0.15, 0.2) is 15.8 Å². The van der Waals surface area contributed by atoms with Gasteiger partial charge in [-0.25, -0.2) is 8.42 Å². The Morgan fingerprint density at radius 3 is 2.52 bits per heavy atom. The van der Waals surface area contributed by atoms with Gasteiger partial charge in [-0.2, -0.15) is 0 Å². The third-order valence-corrected chi connectivity index (χ3v) is 7.49. The van der Waals surface area contributed by atoms with Gasteiger partial charge < -0.3 is 19.7 Å². The number of methoxy groups -OCH3 is 1. The van der Waals surface area contributed by atoms with Crippen molar-refractivity contribution in [2.24, 2.45) is 4.99 Å². The van der Waals surface area contributed by atoms with Gasteiger partial charge in [-0.1, -0.05) is 0 Å². The highest BCUT2D eigenvalue weighted by Crippen LogP contribution is 2.25. The summed E-state index contributed by atoms with van der Waals surface area (Å²) in [6, 6.07) is 0. The molecule has 0 saturated carbocycles. The van der Waals surface area contributed by atoms with Crippen LogP contribution in [0.15, 0.2) is 4.99 Å². The molecule has 0 unspecified atom stereocenters. The molecule has 2 saturated heterocycles. The summed E-state index contributed by atoms with van der Waals surface area (Å²) in [5.41, 5.74) is -0.244. The van der Waals surface area contributed by atoms with Gasteiger partial charge in [0.2, 0.25) is 0 Å². The average Bonchev–Trinajstić information content (AvgIpc) is 2.52. The van der Waals surface area contributed by atoms with Gasteiger partial charge in [0.1, 0.15) is 0 Å². The molecule has 0 spiro atoms. The molecule has 0 aromatic heterocycles. The number of nitrogens with one attached hydrogen (secondary N) is 1. The number of hydrogen-bond acceptors (Lipinski definition) is 5. The second kappa shape index (κ2) is 6.94. The zero-order valence-electron chi connectivity index (χ0n) is 14.6. The van der Waals surface area contributed by atoms with E-state index in [2.05, 4.69) is 10.3 Å². The van der Waals surface area contributed by atoms with Crippen molar-refractivity contribution in [1.29, 1.82) is 0 Å². The smallest absolute Gasteiger partial charge is 0.193 e. The highest BCUT2D eigenvalue weighted by molar-refractivity contribution is 7.92. The van der Waals surface area contributed by atoms with Crippen molar-refractivity contribution in [3.05, 3.63) is 0 Å². The first-order valence-corrected chi connectivity index (χ1v) is 9.71. The molecule has 0 aromatic rings. The molecule has 0 aliphatic carbocycles. The normalized spacial score (nSPS) is 26.8. The molecule has 2 rings (SSSR count). The van der Waals surface area contributed by atoms with Gasteiger partial charge in [-0.3, -0.25) is 4.99 Å². The lowest BCUT2D eigenvalue weighted by atomic mass is 9.94. The molecule has 2 fully saturated rings. The van der Waals surface area contributed by atoms with E-state index < -0.39 is 14.6 Å². The van der Waals surface area contributed by atoms with Crippen LogP contribution in [0.1, 0.15) is 26.7 Å². The number of nitrogens with zero attached hydrogens (tertiary/aromatic N) is 2. The Labute approximate surface area is 139 Å². The minimum Gasteiger partial charge on any atom is -0.381 e. The van der Waals surface area contributed by atoms with E-state index >= 15 is 0 Å². The van der Waals surface area contributed by atoms with Gasteiger partial charge in [-0.15, -0.1) is 0 Å². The van der Waals surface area contributed by atoms with Crippen molar-refractivity contribution < 1.29 is 17.9 Å². The summed E-state index contributed by atoms with van der Waals surface area (Å²) in [5, 5.41) is 3.37. The Morgan fingerprint density at radius 2 is 2.00 bits per heavy atom. The van der Waals surface area contributed by atoms with Crippen LogP contribution < -0.4 is 5.32 Å². The fourth-order valence-electron chi connectivity index (χ4n) is 3.09. The fourth-order valence-corrected chi connectivity index (χ4v) is 4.46. The van der Waals surface area contributed by atoms with E-state index in [1.165, 1.54) is 0 Å². The third-order valence-electron chi connectivity index (χ3n) is 4.96. The summed E-state index contributed by atoms with van der Waals surface area (Å²) in [6.45, 7) is 6.50. The Hall–Kier alpha value is -0.860. The van der Waals surface area contributed by atoms with Crippen LogP contribution in [0.3, 0.4) is 0 Å². The quantitative estimate of drug-likeness (QED) is 0.583. The summed E-state index contributed by atoms with van der Waals surface area (Å²) < 4.78 is 34.7. The van der Waals surface area contributed by atoms with E-state index in [1.54, 1.807) is 28.0 Å². The molecule has 2 aliphatic rings. The summed E-state index contributed by atoms with van der Waals surface area (Å²) in [7, 11) is 0.399. The minimum absolute atomic E-state index is 0.157. The lowest BCUT2D eigenvalue weighted by Gasteiger charge is -2.41. The van der Waals surface area contributed by atoms with E-state index in [1.807, 2.05) is 4.90 Å². The van der Waals surface area contributed by atoms with E-state index in [0.717, 1.165) is 18.8 Å². The molecule has 0 atom stereocenters. The number of aliphatic imine (C=N–C) groups is 1. The zero-order valence-corrected chi connectivity index (χ0v) is 15.4. The number of guanidine groups is 1. The van der Waals surface area contributed by atoms with Crippen LogP contribution in [0.5, 0.6) is 0 Å². The molecule has 2 heterocycles. The van der Waals surface area contributed by atoms with Crippen LogP contribution >= 0.6 is 0 Å². The third kappa shape index (κ3) is 3.97. The highest BCUT2D eigenvalue weighted by Gasteiger charge is 2.41. The highest BCUT2D eigenvalue weighted by atomic mass is 32.2. The van der Waals surface area contributed by atoms with Crippen molar-refractivity contribution in [3.63, 3.8) is 0 Å². The lowest BCUT2D eigenvalue weighted by molar-refractivity contribution is -0.0857. The van der Waals surface area contributed by atoms with E-state index in [9.17, 15) is 8.42 Å². The maximum absolute atomic E-state index is 12.1. The Morgan fingerprint density at radius 1 is 1.35 bits per heavy atom. The molecular formula is C15H29N3O4S. The molecule has 134 valence electrons. The average molecular weight is 347 g/mol. The molecule has 23 heavy (non-hydrogen) atoms. The van der Waals surface area contributed by atoms with Crippen molar-refractivity contribution >= 4 is 15.8 Å². The first kappa shape index (κ1) is 18.5. The molecule has 8 heteroatoms. The van der Waals surface area contributed by atoms with Gasteiger partial charge in [0, 0.05) is 59.8 Å². The molecule has 0 radical (unpaired) electrons. The largest absolute Gasteiger partial charge is 0.381 e. The number of sulfone groups is 1. The summed E-state index contributed by atoms with van der Waals surface area (Å²) in [4.78, 5) is 6.34. The Bertz CT molecular complexity index is 539. The van der Waals surface area contributed by atoms with Crippen LogP contribution in [-0.4, -0.2) is 82.4 Å². The molecule has 0 amide bonds. The van der Waals surface area contributed by atoms with Crippen LogP contribution in [-0.2, 0) is 19.3 Å². The Balaban J connectivity index is 2.01. The Kier molecular flexibility index (Phi) is 5.58. The predicted molar refractivity (Wildman–Crippen MR) is 90.6 cm³/mol. The van der Waals surface area contributed by atoms with Crippen molar-refractivity contribution in [3.8, 4) is 0 Å². The van der Waals surface area contributed by atoms with Gasteiger partial charge in [0.05, 0.1) is 16.1 Å². The second-order valence-corrected chi connectivity index (χ2v) is 9.64. The maximum atomic E-state index is 12.1. The fraction of sp³-hybridized carbons (Fsp3) is 0.933. The number of ether oxygens (including phenoxy) is 2. The van der Waals surface area contributed by atoms with E-state index in [4.69, 9.17) is 9.47 Å². The predicted octanol–water partition coefficient (Wildman–Crippen LogP) is 0.266. The van der Waals surface area contributed by atoms with E-state index in [-0.39, 0.29) is 11.4 Å². The van der Waals surface area contributed by atoms with Gasteiger partial charge in [-0.05, 0) is 13.8 Å². The van der Waals surface area contributed by atoms with Crippen molar-refractivity contribution in [2.45, 2.75) is 37.0 Å². The number of rotatable bonds is 3. The molecular weight excluding hydrogens is 318 g/mol. The van der Waals surface area contributed by atoms with Crippen LogP contribution in [0, 0.1) is 0 Å². The first-order valence-electron chi connectivity index (χ1n) is 8.06. The standard InChI is InChI=1S/C15H29N3O4S/c1-14(2)12-18(7-10-23(14,19)20)13(16-3)17-11-15(21-4)5-8-22-9-6-15/h5-12H2,1-4H3,(H,16,17). The SMILES string of the molecule is CN=C(NCC1(OC)CCOCC1)N1CCS(=O)(=O)C(C)(C)C1. The second-order valence-electron chi connectivity index (χ2n) is 6.90. The monoisotopic (exact) mass is 347 g/mol. The summed E-state index contributed by atoms with van der Waals surface area (Å²) in [6.07, 6.45) is 1.68. The first-order chi connectivity index (χ1) is 10.8. The van der Waals surface area contributed by atoms with E-state index in [0.29, 0.717) is 32.8 Å². The van der Waals surface area contributed by atoms with Crippen molar-refractivity contribution in [2.75, 3.05) is 52.8 Å². The molecule has 2 aliphatic heterocycles. The van der Waals surface area contributed by atoms with Gasteiger partial charge >= 0.3 is 0 Å². The van der Waals surface area contributed by atoms with Crippen LogP contribution in [0.2, 0.25) is 0 Å². The molecule has 0 bridgehead atoms. The number of hydrogen-bond donors (Lipinski definition) is 1. The lowest BCUT2D eigenvalue weighted by Crippen LogP contribution is -2.59.